The van der Waals surface area contributed by atoms with Gasteiger partial charge in [0, 0.05) is 31.1 Å². The van der Waals surface area contributed by atoms with Crippen LogP contribution in [-0.4, -0.2) is 53.0 Å². The van der Waals surface area contributed by atoms with Gasteiger partial charge in [-0.25, -0.2) is 0 Å². The Hall–Kier alpha value is -1.95. The number of carbonyl (C=O) groups excluding carboxylic acids is 2. The van der Waals surface area contributed by atoms with Crippen molar-refractivity contribution in [1.82, 2.24) is 15.2 Å². The van der Waals surface area contributed by atoms with Crippen molar-refractivity contribution in [3.63, 3.8) is 0 Å². The number of amides is 2. The Morgan fingerprint density at radius 2 is 2.26 bits per heavy atom. The number of rotatable bonds is 4. The van der Waals surface area contributed by atoms with Crippen LogP contribution >= 0.6 is 0 Å². The van der Waals surface area contributed by atoms with Crippen LogP contribution in [0.4, 0.5) is 0 Å². The molecule has 0 aromatic carbocycles. The molecular weight excluding hydrogens is 294 g/mol. The summed E-state index contributed by atoms with van der Waals surface area (Å²) in [5, 5.41) is 2.94. The van der Waals surface area contributed by atoms with Gasteiger partial charge in [-0.2, -0.15) is 0 Å². The molecular formula is C17H23N3O3. The van der Waals surface area contributed by atoms with E-state index in [1.54, 1.807) is 6.20 Å². The molecule has 6 heteroatoms. The summed E-state index contributed by atoms with van der Waals surface area (Å²) in [6.07, 6.45) is 2.57. The molecule has 2 fully saturated rings. The highest BCUT2D eigenvalue weighted by Gasteiger charge is 2.50. The number of nitrogens with one attached hydrogen (secondary N) is 1. The predicted octanol–water partition coefficient (Wildman–Crippen LogP) is 0.765. The van der Waals surface area contributed by atoms with Crippen molar-refractivity contribution in [2.24, 2.45) is 5.92 Å². The molecule has 1 N–H and O–H groups in total. The summed E-state index contributed by atoms with van der Waals surface area (Å²) in [6.45, 7) is 4.90. The van der Waals surface area contributed by atoms with Gasteiger partial charge in [0.15, 0.2) is 0 Å². The lowest BCUT2D eigenvalue weighted by Gasteiger charge is -2.22. The third-order valence-corrected chi connectivity index (χ3v) is 4.44. The summed E-state index contributed by atoms with van der Waals surface area (Å²) in [7, 11) is 0. The third kappa shape index (κ3) is 3.37. The third-order valence-electron chi connectivity index (χ3n) is 4.44. The number of pyridine rings is 1. The fourth-order valence-electron chi connectivity index (χ4n) is 3.44. The molecule has 3 heterocycles. The highest BCUT2D eigenvalue weighted by molar-refractivity contribution is 5.84. The Balaban J connectivity index is 1.70. The van der Waals surface area contributed by atoms with Crippen LogP contribution in [-0.2, 0) is 20.7 Å². The highest BCUT2D eigenvalue weighted by atomic mass is 16.5. The first-order chi connectivity index (χ1) is 11.1. The molecule has 23 heavy (non-hydrogen) atoms. The maximum atomic E-state index is 12.6. The van der Waals surface area contributed by atoms with E-state index in [4.69, 9.17) is 4.74 Å². The van der Waals surface area contributed by atoms with E-state index in [0.717, 1.165) is 12.1 Å². The number of nitrogens with zero attached hydrogens (tertiary/aromatic N) is 2. The second kappa shape index (κ2) is 6.66. The van der Waals surface area contributed by atoms with Gasteiger partial charge < -0.3 is 15.0 Å². The van der Waals surface area contributed by atoms with Crippen LogP contribution < -0.4 is 5.32 Å². The minimum absolute atomic E-state index is 0.00845. The van der Waals surface area contributed by atoms with Crippen LogP contribution in [0.5, 0.6) is 0 Å². The molecule has 1 aromatic heterocycles. The zero-order valence-electron chi connectivity index (χ0n) is 13.6. The van der Waals surface area contributed by atoms with E-state index in [1.807, 2.05) is 36.9 Å². The number of fused-ring (bicyclic) bond motifs is 1. The number of ether oxygens (including phenoxy) is 1. The first-order valence-electron chi connectivity index (χ1n) is 8.17. The van der Waals surface area contributed by atoms with Gasteiger partial charge in [-0.1, -0.05) is 6.07 Å². The maximum absolute atomic E-state index is 12.6. The van der Waals surface area contributed by atoms with Gasteiger partial charge in [0.25, 0.3) is 0 Å². The lowest BCUT2D eigenvalue weighted by molar-refractivity contribution is -0.131. The summed E-state index contributed by atoms with van der Waals surface area (Å²) < 4.78 is 5.75. The average molecular weight is 317 g/mol. The first-order valence-corrected chi connectivity index (χ1v) is 8.17. The van der Waals surface area contributed by atoms with Gasteiger partial charge in [0.1, 0.15) is 0 Å². The van der Waals surface area contributed by atoms with E-state index >= 15 is 0 Å². The molecule has 0 saturated carbocycles. The molecule has 2 aliphatic heterocycles. The van der Waals surface area contributed by atoms with Gasteiger partial charge >= 0.3 is 0 Å². The Morgan fingerprint density at radius 3 is 2.96 bits per heavy atom. The second-order valence-electron chi connectivity index (χ2n) is 6.51. The van der Waals surface area contributed by atoms with Crippen LogP contribution in [0, 0.1) is 5.92 Å². The van der Waals surface area contributed by atoms with E-state index < -0.39 is 0 Å². The molecule has 6 nitrogen and oxygen atoms in total. The summed E-state index contributed by atoms with van der Waals surface area (Å²) in [5.74, 6) is -0.285. The molecule has 0 radical (unpaired) electrons. The highest BCUT2D eigenvalue weighted by Crippen LogP contribution is 2.34. The molecule has 0 aliphatic carbocycles. The Morgan fingerprint density at radius 1 is 1.43 bits per heavy atom. The standard InChI is InChI=1S/C17H23N3O3/c1-11(2)19-17(22)13-10-20(14-6-8-23-16(13)14)15(21)9-12-5-3-4-7-18-12/h3-5,7,11,13-14,16H,6,8-10H2,1-2H3,(H,19,22)/t13-,14-,16+/m1/s1. The Kier molecular flexibility index (Phi) is 4.61. The fraction of sp³-hybridized carbons (Fsp3) is 0.588. The molecule has 0 bridgehead atoms. The molecule has 3 rings (SSSR count). The Labute approximate surface area is 136 Å². The summed E-state index contributed by atoms with van der Waals surface area (Å²) in [6, 6.07) is 5.64. The van der Waals surface area contributed by atoms with E-state index in [1.165, 1.54) is 0 Å². The predicted molar refractivity (Wildman–Crippen MR) is 84.6 cm³/mol. The molecule has 2 saturated heterocycles. The number of aromatic nitrogens is 1. The Bertz CT molecular complexity index is 576. The van der Waals surface area contributed by atoms with Crippen LogP contribution in [0.1, 0.15) is 26.0 Å². The van der Waals surface area contributed by atoms with Crippen molar-refractivity contribution >= 4 is 11.8 Å². The second-order valence-corrected chi connectivity index (χ2v) is 6.51. The number of hydrogen-bond donors (Lipinski definition) is 1. The normalized spacial score (nSPS) is 26.4. The van der Waals surface area contributed by atoms with Crippen molar-refractivity contribution in [1.29, 1.82) is 0 Å². The van der Waals surface area contributed by atoms with Crippen molar-refractivity contribution in [2.75, 3.05) is 13.2 Å². The van der Waals surface area contributed by atoms with Crippen LogP contribution in [0.25, 0.3) is 0 Å². The zero-order valence-corrected chi connectivity index (χ0v) is 13.6. The SMILES string of the molecule is CC(C)NC(=O)[C@@H]1CN(C(=O)Cc2ccccn2)[C@@H]2CCO[C@H]21. The van der Waals surface area contributed by atoms with Crippen molar-refractivity contribution in [2.45, 2.75) is 44.9 Å². The largest absolute Gasteiger partial charge is 0.375 e. The van der Waals surface area contributed by atoms with Gasteiger partial charge in [-0.3, -0.25) is 14.6 Å². The van der Waals surface area contributed by atoms with E-state index in [9.17, 15) is 9.59 Å². The fourth-order valence-corrected chi connectivity index (χ4v) is 3.44. The molecule has 2 amide bonds. The monoisotopic (exact) mass is 317 g/mol. The quantitative estimate of drug-likeness (QED) is 0.890. The summed E-state index contributed by atoms with van der Waals surface area (Å²) >= 11 is 0. The lowest BCUT2D eigenvalue weighted by Crippen LogP contribution is -2.41. The van der Waals surface area contributed by atoms with Gasteiger partial charge in [0.05, 0.1) is 24.5 Å². The minimum atomic E-state index is -0.280. The molecule has 0 unspecified atom stereocenters. The molecule has 1 aromatic rings. The summed E-state index contributed by atoms with van der Waals surface area (Å²) in [4.78, 5) is 31.1. The number of carbonyl (C=O) groups is 2. The van der Waals surface area contributed by atoms with Crippen molar-refractivity contribution in [3.05, 3.63) is 30.1 Å². The average Bonchev–Trinajstić information content (AvgIpc) is 3.08. The summed E-state index contributed by atoms with van der Waals surface area (Å²) in [5.41, 5.74) is 0.753. The molecule has 2 aliphatic rings. The molecule has 0 spiro atoms. The van der Waals surface area contributed by atoms with E-state index in [2.05, 4.69) is 10.3 Å². The van der Waals surface area contributed by atoms with Crippen LogP contribution in [0.3, 0.4) is 0 Å². The minimum Gasteiger partial charge on any atom is -0.375 e. The molecule has 3 atom stereocenters. The van der Waals surface area contributed by atoms with Gasteiger partial charge in [-0.05, 0) is 32.4 Å². The van der Waals surface area contributed by atoms with Crippen LogP contribution in [0.15, 0.2) is 24.4 Å². The number of likely N-dealkylation sites (tertiary alicyclic amines) is 1. The van der Waals surface area contributed by atoms with E-state index in [0.29, 0.717) is 13.2 Å². The van der Waals surface area contributed by atoms with Gasteiger partial charge in [-0.15, -0.1) is 0 Å². The topological polar surface area (TPSA) is 71.5 Å². The van der Waals surface area contributed by atoms with Gasteiger partial charge in [0.2, 0.25) is 11.8 Å². The van der Waals surface area contributed by atoms with Crippen molar-refractivity contribution < 1.29 is 14.3 Å². The maximum Gasteiger partial charge on any atom is 0.228 e. The lowest BCUT2D eigenvalue weighted by atomic mass is 10.0. The number of hydrogen-bond acceptors (Lipinski definition) is 4. The van der Waals surface area contributed by atoms with Crippen molar-refractivity contribution in [3.8, 4) is 0 Å². The van der Waals surface area contributed by atoms with Crippen LogP contribution in [0.2, 0.25) is 0 Å². The smallest absolute Gasteiger partial charge is 0.228 e. The first kappa shape index (κ1) is 15.9. The molecule has 124 valence electrons. The van der Waals surface area contributed by atoms with E-state index in [-0.39, 0.29) is 42.3 Å². The zero-order chi connectivity index (χ0) is 16.4.